The number of piperidine rings is 1. The molecular weight excluding hydrogens is 256 g/mol. The van der Waals surface area contributed by atoms with Crippen LogP contribution in [0.5, 0.6) is 0 Å². The molecule has 1 fully saturated rings. The third-order valence-electron chi connectivity index (χ3n) is 3.98. The van der Waals surface area contributed by atoms with Gasteiger partial charge >= 0.3 is 0 Å². The van der Waals surface area contributed by atoms with Crippen LogP contribution in [0.15, 0.2) is 30.3 Å². The molecule has 1 aliphatic heterocycles. The molecule has 1 aromatic carbocycles. The summed E-state index contributed by atoms with van der Waals surface area (Å²) in [6.07, 6.45) is 1.79. The third kappa shape index (κ3) is 3.57. The van der Waals surface area contributed by atoms with Gasteiger partial charge in [-0.05, 0) is 31.5 Å². The summed E-state index contributed by atoms with van der Waals surface area (Å²) in [7, 11) is -2.42. The van der Waals surface area contributed by atoms with Crippen LogP contribution in [0.4, 0.5) is 0 Å². The molecule has 1 atom stereocenters. The summed E-state index contributed by atoms with van der Waals surface area (Å²) in [4.78, 5) is 2.40. The van der Waals surface area contributed by atoms with E-state index in [0.29, 0.717) is 0 Å². The summed E-state index contributed by atoms with van der Waals surface area (Å²) in [5.41, 5.74) is 1.33. The number of benzene rings is 1. The highest BCUT2D eigenvalue weighted by Gasteiger charge is 2.29. The largest absolute Gasteiger partial charge is 0.299 e. The second kappa shape index (κ2) is 6.06. The monoisotopic (exact) mass is 280 g/mol. The van der Waals surface area contributed by atoms with E-state index in [4.69, 9.17) is 4.78 Å². The van der Waals surface area contributed by atoms with E-state index >= 15 is 0 Å². The van der Waals surface area contributed by atoms with Gasteiger partial charge in [-0.2, -0.15) is 0 Å². The normalized spacial score (nSPS) is 21.4. The van der Waals surface area contributed by atoms with Crippen molar-refractivity contribution < 1.29 is 4.21 Å². The van der Waals surface area contributed by atoms with Gasteiger partial charge in [0, 0.05) is 26.8 Å². The summed E-state index contributed by atoms with van der Waals surface area (Å²) in [6.45, 7) is 6.70. The molecule has 1 heterocycles. The molecule has 0 aromatic heterocycles. The van der Waals surface area contributed by atoms with Crippen molar-refractivity contribution in [3.8, 4) is 0 Å². The Morgan fingerprint density at radius 3 is 2.37 bits per heavy atom. The number of nitrogens with zero attached hydrogens (tertiary/aromatic N) is 1. The van der Waals surface area contributed by atoms with Gasteiger partial charge < -0.3 is 0 Å². The van der Waals surface area contributed by atoms with E-state index in [1.54, 1.807) is 0 Å². The Morgan fingerprint density at radius 2 is 1.84 bits per heavy atom. The van der Waals surface area contributed by atoms with E-state index in [9.17, 15) is 4.21 Å². The molecule has 0 aliphatic carbocycles. The molecule has 1 aliphatic rings. The second-order valence-electron chi connectivity index (χ2n) is 5.66. The average Bonchev–Trinajstić information content (AvgIpc) is 2.40. The number of rotatable bonds is 4. The molecule has 0 radical (unpaired) electrons. The van der Waals surface area contributed by atoms with Gasteiger partial charge in [0.25, 0.3) is 0 Å². The van der Waals surface area contributed by atoms with E-state index in [0.717, 1.165) is 32.5 Å². The molecule has 19 heavy (non-hydrogen) atoms. The van der Waals surface area contributed by atoms with E-state index in [1.807, 2.05) is 19.9 Å². The quantitative estimate of drug-likeness (QED) is 0.921. The van der Waals surface area contributed by atoms with Gasteiger partial charge in [0.1, 0.15) is 0 Å². The Hall–Kier alpha value is -0.870. The average molecular weight is 280 g/mol. The molecule has 1 unspecified atom stereocenters. The van der Waals surface area contributed by atoms with Gasteiger partial charge in [-0.3, -0.25) is 9.68 Å². The molecule has 106 valence electrons. The van der Waals surface area contributed by atoms with Crippen LogP contribution in [0.1, 0.15) is 32.3 Å². The Balaban J connectivity index is 1.90. The highest BCUT2D eigenvalue weighted by Crippen LogP contribution is 2.23. The van der Waals surface area contributed by atoms with Crippen LogP contribution < -0.4 is 0 Å². The van der Waals surface area contributed by atoms with Gasteiger partial charge in [-0.1, -0.05) is 44.2 Å². The predicted octanol–water partition coefficient (Wildman–Crippen LogP) is 3.11. The molecule has 3 nitrogen and oxygen atoms in total. The Labute approximate surface area is 117 Å². The van der Waals surface area contributed by atoms with E-state index < -0.39 is 9.73 Å². The highest BCUT2D eigenvalue weighted by atomic mass is 32.2. The van der Waals surface area contributed by atoms with Crippen LogP contribution in [0, 0.1) is 4.78 Å². The molecule has 1 aromatic rings. The fraction of sp³-hybridized carbons (Fsp3) is 0.600. The summed E-state index contributed by atoms with van der Waals surface area (Å²) in [5.74, 6) is 0. The van der Waals surface area contributed by atoms with Crippen molar-refractivity contribution in [3.63, 3.8) is 0 Å². The molecule has 4 heteroatoms. The minimum absolute atomic E-state index is 0.0295. The zero-order chi connectivity index (χ0) is 13.9. The summed E-state index contributed by atoms with van der Waals surface area (Å²) >= 11 is 0. The Kier molecular flexibility index (Phi) is 4.63. The van der Waals surface area contributed by atoms with Crippen molar-refractivity contribution >= 4 is 9.73 Å². The van der Waals surface area contributed by atoms with Crippen LogP contribution in [-0.4, -0.2) is 32.7 Å². The molecular formula is C15H24N2OS. The fourth-order valence-corrected chi connectivity index (χ4v) is 4.33. The van der Waals surface area contributed by atoms with Crippen LogP contribution >= 0.6 is 0 Å². The van der Waals surface area contributed by atoms with Gasteiger partial charge in [-0.25, -0.2) is 4.21 Å². The Morgan fingerprint density at radius 1 is 1.26 bits per heavy atom. The standard InChI is InChI=1S/C15H24N2OS/c1-13(2)19(16,18)15-8-10-17(11-9-15)12-14-6-4-3-5-7-14/h3-7,13,15-16H,8-12H2,1-2H3. The van der Waals surface area contributed by atoms with Crippen molar-refractivity contribution in [3.05, 3.63) is 35.9 Å². The van der Waals surface area contributed by atoms with Crippen molar-refractivity contribution in [2.45, 2.75) is 43.7 Å². The van der Waals surface area contributed by atoms with Gasteiger partial charge in [0.2, 0.25) is 0 Å². The van der Waals surface area contributed by atoms with Gasteiger partial charge in [0.15, 0.2) is 0 Å². The SMILES string of the molecule is CC(C)S(=N)(=O)C1CCN(Cc2ccccc2)CC1. The molecule has 0 amide bonds. The molecule has 1 N–H and O–H groups in total. The van der Waals surface area contributed by atoms with Crippen molar-refractivity contribution in [2.75, 3.05) is 13.1 Å². The van der Waals surface area contributed by atoms with Gasteiger partial charge in [0.05, 0.1) is 0 Å². The smallest absolute Gasteiger partial charge is 0.0495 e. The topological polar surface area (TPSA) is 44.2 Å². The van der Waals surface area contributed by atoms with E-state index in [2.05, 4.69) is 29.2 Å². The van der Waals surface area contributed by atoms with Crippen LogP contribution in [0.2, 0.25) is 0 Å². The first kappa shape index (κ1) is 14.5. The zero-order valence-electron chi connectivity index (χ0n) is 11.8. The molecule has 0 spiro atoms. The molecule has 0 saturated carbocycles. The molecule has 1 saturated heterocycles. The fourth-order valence-electron chi connectivity index (χ4n) is 2.64. The van der Waals surface area contributed by atoms with Crippen LogP contribution in [0.25, 0.3) is 0 Å². The summed E-state index contributed by atoms with van der Waals surface area (Å²) < 4.78 is 20.4. The molecule has 0 bridgehead atoms. The minimum atomic E-state index is -2.42. The second-order valence-corrected chi connectivity index (χ2v) is 8.56. The van der Waals surface area contributed by atoms with Gasteiger partial charge in [-0.15, -0.1) is 0 Å². The maximum absolute atomic E-state index is 12.4. The van der Waals surface area contributed by atoms with Crippen molar-refractivity contribution in [1.29, 1.82) is 4.78 Å². The van der Waals surface area contributed by atoms with Crippen molar-refractivity contribution in [2.24, 2.45) is 0 Å². The third-order valence-corrected chi connectivity index (χ3v) is 6.84. The first-order valence-electron chi connectivity index (χ1n) is 7.03. The minimum Gasteiger partial charge on any atom is -0.299 e. The van der Waals surface area contributed by atoms with E-state index in [1.165, 1.54) is 5.56 Å². The highest BCUT2D eigenvalue weighted by molar-refractivity contribution is 7.93. The number of hydrogen-bond acceptors (Lipinski definition) is 3. The maximum Gasteiger partial charge on any atom is 0.0495 e. The lowest BCUT2D eigenvalue weighted by Gasteiger charge is -2.33. The molecule has 2 rings (SSSR count). The lowest BCUT2D eigenvalue weighted by Crippen LogP contribution is -2.40. The number of likely N-dealkylation sites (tertiary alicyclic amines) is 1. The first-order valence-corrected chi connectivity index (χ1v) is 8.71. The van der Waals surface area contributed by atoms with Crippen molar-refractivity contribution in [1.82, 2.24) is 4.90 Å². The van der Waals surface area contributed by atoms with Crippen LogP contribution in [0.3, 0.4) is 0 Å². The maximum atomic E-state index is 12.4. The summed E-state index contributed by atoms with van der Waals surface area (Å²) in [6, 6.07) is 10.5. The first-order chi connectivity index (χ1) is 9.00. The number of hydrogen-bond donors (Lipinski definition) is 1. The lowest BCUT2D eigenvalue weighted by molar-refractivity contribution is 0.223. The number of nitrogens with one attached hydrogen (secondary N) is 1. The van der Waals surface area contributed by atoms with E-state index in [-0.39, 0.29) is 10.5 Å². The lowest BCUT2D eigenvalue weighted by atomic mass is 10.1. The zero-order valence-corrected chi connectivity index (χ0v) is 12.7. The van der Waals surface area contributed by atoms with Crippen LogP contribution in [-0.2, 0) is 16.3 Å². The summed E-state index contributed by atoms with van der Waals surface area (Å²) in [5, 5.41) is 0.0534. The predicted molar refractivity (Wildman–Crippen MR) is 80.7 cm³/mol. The Bertz CT molecular complexity index is 488.